The predicted molar refractivity (Wildman–Crippen MR) is 106 cm³/mol. The van der Waals surface area contributed by atoms with Crippen LogP contribution in [0.25, 0.3) is 0 Å². The fourth-order valence-electron chi connectivity index (χ4n) is 1.92. The van der Waals surface area contributed by atoms with E-state index < -0.39 is 0 Å². The Bertz CT molecular complexity index is 483. The number of hydrogen-bond donors (Lipinski definition) is 2. The van der Waals surface area contributed by atoms with Gasteiger partial charge in [0.05, 0.1) is 14.2 Å². The average Bonchev–Trinajstić information content (AvgIpc) is 2.57. The smallest absolute Gasteiger partial charge is 0.191 e. The third kappa shape index (κ3) is 7.74. The molecule has 0 atom stereocenters. The quantitative estimate of drug-likeness (QED) is 0.371. The van der Waals surface area contributed by atoms with Crippen LogP contribution in [0.3, 0.4) is 0 Å². The third-order valence-corrected chi connectivity index (χ3v) is 3.46. The van der Waals surface area contributed by atoms with Crippen molar-refractivity contribution in [1.29, 1.82) is 0 Å². The van der Waals surface area contributed by atoms with Gasteiger partial charge in [-0.05, 0) is 31.3 Å². The SMILES string of the molecule is CCN(C)CCNC(=NC)NCc1ccc(OC)c(OC)c1.I. The van der Waals surface area contributed by atoms with Crippen LogP contribution in [0.2, 0.25) is 0 Å². The van der Waals surface area contributed by atoms with Crippen LogP contribution in [0.1, 0.15) is 12.5 Å². The third-order valence-electron chi connectivity index (χ3n) is 3.46. The number of aliphatic imine (C=N–C) groups is 1. The normalized spacial score (nSPS) is 11.0. The van der Waals surface area contributed by atoms with Crippen LogP contribution >= 0.6 is 24.0 Å². The molecule has 0 saturated carbocycles. The number of likely N-dealkylation sites (N-methyl/N-ethyl adjacent to an activating group) is 1. The zero-order chi connectivity index (χ0) is 16.4. The summed E-state index contributed by atoms with van der Waals surface area (Å²) in [6, 6.07) is 5.87. The Balaban J connectivity index is 0.00000484. The highest BCUT2D eigenvalue weighted by Crippen LogP contribution is 2.27. The van der Waals surface area contributed by atoms with Crippen LogP contribution in [0.15, 0.2) is 23.2 Å². The number of nitrogens with one attached hydrogen (secondary N) is 2. The molecule has 7 heteroatoms. The first-order valence-electron chi connectivity index (χ1n) is 7.48. The van der Waals surface area contributed by atoms with E-state index in [0.29, 0.717) is 6.54 Å². The number of halogens is 1. The molecule has 0 aromatic heterocycles. The van der Waals surface area contributed by atoms with Gasteiger partial charge in [-0.1, -0.05) is 13.0 Å². The second-order valence-corrected chi connectivity index (χ2v) is 4.94. The van der Waals surface area contributed by atoms with Crippen LogP contribution in [-0.2, 0) is 6.54 Å². The Morgan fingerprint density at radius 2 is 1.87 bits per heavy atom. The van der Waals surface area contributed by atoms with Crippen molar-refractivity contribution < 1.29 is 9.47 Å². The Morgan fingerprint density at radius 3 is 2.43 bits per heavy atom. The lowest BCUT2D eigenvalue weighted by atomic mass is 10.2. The summed E-state index contributed by atoms with van der Waals surface area (Å²) in [6.07, 6.45) is 0. The number of ether oxygens (including phenoxy) is 2. The topological polar surface area (TPSA) is 58.1 Å². The minimum atomic E-state index is 0. The standard InChI is InChI=1S/C16H28N4O2.HI/c1-6-20(3)10-9-18-16(17-2)19-12-13-7-8-14(21-4)15(11-13)22-5;/h7-8,11H,6,9-10,12H2,1-5H3,(H2,17,18,19);1H. The lowest BCUT2D eigenvalue weighted by Gasteiger charge is -2.16. The zero-order valence-electron chi connectivity index (χ0n) is 14.7. The van der Waals surface area contributed by atoms with Gasteiger partial charge in [0.15, 0.2) is 17.5 Å². The van der Waals surface area contributed by atoms with E-state index in [4.69, 9.17) is 9.47 Å². The molecule has 1 rings (SSSR count). The number of hydrogen-bond acceptors (Lipinski definition) is 4. The van der Waals surface area contributed by atoms with Crippen molar-refractivity contribution in [2.45, 2.75) is 13.5 Å². The first-order chi connectivity index (χ1) is 10.6. The first-order valence-corrected chi connectivity index (χ1v) is 7.48. The summed E-state index contributed by atoms with van der Waals surface area (Å²) in [5.74, 6) is 2.25. The Hall–Kier alpha value is -1.22. The van der Waals surface area contributed by atoms with Crippen LogP contribution in [0.4, 0.5) is 0 Å². The van der Waals surface area contributed by atoms with Crippen LogP contribution < -0.4 is 20.1 Å². The summed E-state index contributed by atoms with van der Waals surface area (Å²) in [4.78, 5) is 6.47. The molecule has 0 spiro atoms. The molecule has 0 radical (unpaired) electrons. The Labute approximate surface area is 156 Å². The van der Waals surface area contributed by atoms with Gasteiger partial charge in [-0.25, -0.2) is 0 Å². The Kier molecular flexibility index (Phi) is 11.6. The molecule has 0 saturated heterocycles. The van der Waals surface area contributed by atoms with Gasteiger partial charge in [-0.3, -0.25) is 4.99 Å². The number of guanidine groups is 1. The maximum absolute atomic E-state index is 5.31. The molecule has 132 valence electrons. The molecule has 2 N–H and O–H groups in total. The van der Waals surface area contributed by atoms with E-state index in [9.17, 15) is 0 Å². The molecule has 0 amide bonds. The molecule has 0 aliphatic carbocycles. The van der Waals surface area contributed by atoms with Crippen molar-refractivity contribution in [3.63, 3.8) is 0 Å². The highest BCUT2D eigenvalue weighted by molar-refractivity contribution is 14.0. The predicted octanol–water partition coefficient (Wildman–Crippen LogP) is 1.94. The minimum Gasteiger partial charge on any atom is -0.493 e. The van der Waals surface area contributed by atoms with E-state index in [2.05, 4.69) is 34.5 Å². The lowest BCUT2D eigenvalue weighted by molar-refractivity contribution is 0.354. The van der Waals surface area contributed by atoms with Crippen molar-refractivity contribution in [3.8, 4) is 11.5 Å². The molecular formula is C16H29IN4O2. The fourth-order valence-corrected chi connectivity index (χ4v) is 1.92. The summed E-state index contributed by atoms with van der Waals surface area (Å²) in [5, 5.41) is 6.59. The summed E-state index contributed by atoms with van der Waals surface area (Å²) < 4.78 is 10.5. The zero-order valence-corrected chi connectivity index (χ0v) is 17.0. The second kappa shape index (κ2) is 12.2. The summed E-state index contributed by atoms with van der Waals surface area (Å²) >= 11 is 0. The maximum Gasteiger partial charge on any atom is 0.191 e. The molecule has 6 nitrogen and oxygen atoms in total. The average molecular weight is 436 g/mol. The van der Waals surface area contributed by atoms with Gasteiger partial charge < -0.3 is 25.0 Å². The second-order valence-electron chi connectivity index (χ2n) is 4.94. The van der Waals surface area contributed by atoms with Gasteiger partial charge in [0, 0.05) is 26.7 Å². The van der Waals surface area contributed by atoms with Gasteiger partial charge in [0.1, 0.15) is 0 Å². The number of nitrogens with zero attached hydrogens (tertiary/aromatic N) is 2. The van der Waals surface area contributed by atoms with Gasteiger partial charge in [-0.15, -0.1) is 24.0 Å². The minimum absolute atomic E-state index is 0. The number of rotatable bonds is 8. The molecule has 1 aromatic rings. The van der Waals surface area contributed by atoms with Crippen LogP contribution in [-0.4, -0.2) is 58.8 Å². The van der Waals surface area contributed by atoms with Crippen molar-refractivity contribution in [3.05, 3.63) is 23.8 Å². The number of methoxy groups -OCH3 is 2. The summed E-state index contributed by atoms with van der Waals surface area (Å²) in [6.45, 7) is 5.69. The van der Waals surface area contributed by atoms with Gasteiger partial charge in [-0.2, -0.15) is 0 Å². The van der Waals surface area contributed by atoms with Gasteiger partial charge >= 0.3 is 0 Å². The fraction of sp³-hybridized carbons (Fsp3) is 0.562. The van der Waals surface area contributed by atoms with E-state index in [-0.39, 0.29) is 24.0 Å². The largest absolute Gasteiger partial charge is 0.493 e. The van der Waals surface area contributed by atoms with Crippen molar-refractivity contribution in [2.24, 2.45) is 4.99 Å². The van der Waals surface area contributed by atoms with E-state index >= 15 is 0 Å². The Morgan fingerprint density at radius 1 is 1.17 bits per heavy atom. The summed E-state index contributed by atoms with van der Waals surface area (Å²) in [7, 11) is 7.14. The lowest BCUT2D eigenvalue weighted by Crippen LogP contribution is -2.40. The summed E-state index contributed by atoms with van der Waals surface area (Å²) in [5.41, 5.74) is 1.10. The molecule has 1 aromatic carbocycles. The molecule has 0 unspecified atom stereocenters. The maximum atomic E-state index is 5.31. The van der Waals surface area contributed by atoms with Crippen molar-refractivity contribution in [1.82, 2.24) is 15.5 Å². The van der Waals surface area contributed by atoms with E-state index in [1.807, 2.05) is 18.2 Å². The van der Waals surface area contributed by atoms with E-state index in [1.165, 1.54) is 0 Å². The molecular weight excluding hydrogens is 407 g/mol. The molecule has 23 heavy (non-hydrogen) atoms. The number of benzene rings is 1. The molecule has 0 aliphatic rings. The van der Waals surface area contributed by atoms with E-state index in [1.54, 1.807) is 21.3 Å². The van der Waals surface area contributed by atoms with Crippen LogP contribution in [0.5, 0.6) is 11.5 Å². The monoisotopic (exact) mass is 436 g/mol. The highest BCUT2D eigenvalue weighted by atomic mass is 127. The van der Waals surface area contributed by atoms with Crippen LogP contribution in [0, 0.1) is 0 Å². The van der Waals surface area contributed by atoms with Crippen molar-refractivity contribution >= 4 is 29.9 Å². The first kappa shape index (κ1) is 21.8. The van der Waals surface area contributed by atoms with Gasteiger partial charge in [0.2, 0.25) is 0 Å². The molecule has 0 fully saturated rings. The molecule has 0 bridgehead atoms. The molecule has 0 aliphatic heterocycles. The van der Waals surface area contributed by atoms with Gasteiger partial charge in [0.25, 0.3) is 0 Å². The van der Waals surface area contributed by atoms with Crippen molar-refractivity contribution in [2.75, 3.05) is 47.9 Å². The molecule has 0 heterocycles. The highest BCUT2D eigenvalue weighted by Gasteiger charge is 2.05. The van der Waals surface area contributed by atoms with E-state index in [0.717, 1.165) is 42.7 Å².